The monoisotopic (exact) mass is 354 g/mol. The SMILES string of the molecule is Clc1ccc(/C=N/c2c3c(nc4ccccc24)CCCC3)c(Cl)c1. The van der Waals surface area contributed by atoms with E-state index in [9.17, 15) is 0 Å². The van der Waals surface area contributed by atoms with Crippen molar-refractivity contribution in [1.29, 1.82) is 0 Å². The lowest BCUT2D eigenvalue weighted by molar-refractivity contribution is 0.672. The van der Waals surface area contributed by atoms with Crippen LogP contribution < -0.4 is 0 Å². The van der Waals surface area contributed by atoms with E-state index in [2.05, 4.69) is 12.1 Å². The fourth-order valence-electron chi connectivity index (χ4n) is 3.23. The Hall–Kier alpha value is -1.90. The van der Waals surface area contributed by atoms with Crippen molar-refractivity contribution in [3.05, 3.63) is 69.3 Å². The minimum Gasteiger partial charge on any atom is -0.255 e. The van der Waals surface area contributed by atoms with Crippen molar-refractivity contribution in [2.24, 2.45) is 4.99 Å². The van der Waals surface area contributed by atoms with Crippen LogP contribution in [-0.4, -0.2) is 11.2 Å². The zero-order chi connectivity index (χ0) is 16.5. The topological polar surface area (TPSA) is 25.2 Å². The van der Waals surface area contributed by atoms with Gasteiger partial charge in [-0.25, -0.2) is 0 Å². The number of hydrogen-bond donors (Lipinski definition) is 0. The summed E-state index contributed by atoms with van der Waals surface area (Å²) in [5.41, 5.74) is 5.37. The highest BCUT2D eigenvalue weighted by Gasteiger charge is 2.17. The van der Waals surface area contributed by atoms with Crippen LogP contribution in [-0.2, 0) is 12.8 Å². The van der Waals surface area contributed by atoms with Crippen molar-refractivity contribution in [2.45, 2.75) is 25.7 Å². The second-order valence-electron chi connectivity index (χ2n) is 6.03. The van der Waals surface area contributed by atoms with Gasteiger partial charge < -0.3 is 0 Å². The maximum atomic E-state index is 6.27. The lowest BCUT2D eigenvalue weighted by atomic mass is 9.93. The number of pyridine rings is 1. The van der Waals surface area contributed by atoms with E-state index < -0.39 is 0 Å². The maximum Gasteiger partial charge on any atom is 0.0774 e. The molecule has 1 aromatic heterocycles. The quantitative estimate of drug-likeness (QED) is 0.505. The molecule has 2 aromatic carbocycles. The second kappa shape index (κ2) is 6.54. The largest absolute Gasteiger partial charge is 0.255 e. The van der Waals surface area contributed by atoms with Crippen LogP contribution in [0.2, 0.25) is 10.0 Å². The highest BCUT2D eigenvalue weighted by Crippen LogP contribution is 2.35. The lowest BCUT2D eigenvalue weighted by Gasteiger charge is -2.18. The second-order valence-corrected chi connectivity index (χ2v) is 6.88. The van der Waals surface area contributed by atoms with Gasteiger partial charge in [0.05, 0.1) is 16.2 Å². The van der Waals surface area contributed by atoms with Gasteiger partial charge in [-0.15, -0.1) is 0 Å². The molecule has 24 heavy (non-hydrogen) atoms. The summed E-state index contributed by atoms with van der Waals surface area (Å²) >= 11 is 12.2. The Balaban J connectivity index is 1.87. The average Bonchev–Trinajstić information content (AvgIpc) is 2.60. The summed E-state index contributed by atoms with van der Waals surface area (Å²) in [5.74, 6) is 0. The molecular weight excluding hydrogens is 339 g/mol. The van der Waals surface area contributed by atoms with Crippen LogP contribution in [0.25, 0.3) is 10.9 Å². The molecule has 0 unspecified atom stereocenters. The smallest absolute Gasteiger partial charge is 0.0774 e. The molecule has 0 bridgehead atoms. The van der Waals surface area contributed by atoms with E-state index >= 15 is 0 Å². The fraction of sp³-hybridized carbons (Fsp3) is 0.200. The van der Waals surface area contributed by atoms with Gasteiger partial charge in [-0.2, -0.15) is 0 Å². The van der Waals surface area contributed by atoms with E-state index in [1.807, 2.05) is 30.5 Å². The van der Waals surface area contributed by atoms with Gasteiger partial charge in [0, 0.05) is 27.9 Å². The van der Waals surface area contributed by atoms with Crippen LogP contribution in [0.15, 0.2) is 47.5 Å². The normalized spacial score (nSPS) is 14.2. The van der Waals surface area contributed by atoms with Crippen molar-refractivity contribution in [2.75, 3.05) is 0 Å². The molecule has 0 radical (unpaired) electrons. The van der Waals surface area contributed by atoms with Crippen LogP contribution in [0, 0.1) is 0 Å². The molecule has 2 nitrogen and oxygen atoms in total. The van der Waals surface area contributed by atoms with E-state index in [0.717, 1.165) is 35.0 Å². The number of fused-ring (bicyclic) bond motifs is 2. The summed E-state index contributed by atoms with van der Waals surface area (Å²) in [5, 5.41) is 2.34. The third-order valence-corrected chi connectivity index (χ3v) is 5.00. The van der Waals surface area contributed by atoms with Crippen molar-refractivity contribution < 1.29 is 0 Å². The maximum absolute atomic E-state index is 6.27. The molecule has 0 saturated heterocycles. The van der Waals surface area contributed by atoms with Crippen molar-refractivity contribution in [1.82, 2.24) is 4.98 Å². The molecular formula is C20H16Cl2N2. The Morgan fingerprint density at radius 2 is 1.83 bits per heavy atom. The standard InChI is InChI=1S/C20H16Cl2N2/c21-14-10-9-13(17(22)11-14)12-23-20-15-5-1-3-7-18(15)24-19-8-4-2-6-16(19)20/h1,3,5,7,9-12H,2,4,6,8H2/b23-12+. The van der Waals surface area contributed by atoms with E-state index in [4.69, 9.17) is 33.2 Å². The number of halogens is 2. The zero-order valence-electron chi connectivity index (χ0n) is 13.1. The van der Waals surface area contributed by atoms with E-state index in [1.54, 1.807) is 6.07 Å². The summed E-state index contributed by atoms with van der Waals surface area (Å²) in [6, 6.07) is 13.7. The molecule has 0 fully saturated rings. The molecule has 0 N–H and O–H groups in total. The number of aromatic nitrogens is 1. The van der Waals surface area contributed by atoms with Gasteiger partial charge in [0.1, 0.15) is 0 Å². The van der Waals surface area contributed by atoms with Gasteiger partial charge in [-0.05, 0) is 49.4 Å². The number of hydrogen-bond acceptors (Lipinski definition) is 2. The third-order valence-electron chi connectivity index (χ3n) is 4.43. The number of nitrogens with zero attached hydrogens (tertiary/aromatic N) is 2. The van der Waals surface area contributed by atoms with Crippen LogP contribution in [0.5, 0.6) is 0 Å². The van der Waals surface area contributed by atoms with Crippen LogP contribution in [0.4, 0.5) is 5.69 Å². The summed E-state index contributed by atoms with van der Waals surface area (Å²) < 4.78 is 0. The van der Waals surface area contributed by atoms with E-state index in [1.165, 1.54) is 24.1 Å². The summed E-state index contributed by atoms with van der Waals surface area (Å²) in [6.45, 7) is 0. The molecule has 0 saturated carbocycles. The predicted octanol–water partition coefficient (Wildman–Crippen LogP) is 6.17. The first-order chi connectivity index (χ1) is 11.7. The van der Waals surface area contributed by atoms with E-state index in [0.29, 0.717) is 10.0 Å². The average molecular weight is 355 g/mol. The van der Waals surface area contributed by atoms with Gasteiger partial charge >= 0.3 is 0 Å². The molecule has 1 heterocycles. The predicted molar refractivity (Wildman–Crippen MR) is 102 cm³/mol. The number of rotatable bonds is 2. The minimum absolute atomic E-state index is 0.610. The van der Waals surface area contributed by atoms with Crippen LogP contribution in [0.1, 0.15) is 29.7 Å². The molecule has 1 aliphatic rings. The summed E-state index contributed by atoms with van der Waals surface area (Å²) in [7, 11) is 0. The van der Waals surface area contributed by atoms with Gasteiger partial charge in [0.15, 0.2) is 0 Å². The number of para-hydroxylation sites is 1. The van der Waals surface area contributed by atoms with Crippen molar-refractivity contribution >= 4 is 46.0 Å². The van der Waals surface area contributed by atoms with Crippen molar-refractivity contribution in [3.8, 4) is 0 Å². The first-order valence-electron chi connectivity index (χ1n) is 8.12. The molecule has 120 valence electrons. The number of aliphatic imine (C=N–C) groups is 1. The van der Waals surface area contributed by atoms with Gasteiger partial charge in [-0.1, -0.05) is 47.5 Å². The molecule has 0 aliphatic heterocycles. The molecule has 4 rings (SSSR count). The molecule has 3 aromatic rings. The Morgan fingerprint density at radius 3 is 2.71 bits per heavy atom. The zero-order valence-corrected chi connectivity index (χ0v) is 14.6. The Morgan fingerprint density at radius 1 is 1.00 bits per heavy atom. The number of aryl methyl sites for hydroxylation is 1. The van der Waals surface area contributed by atoms with Gasteiger partial charge in [-0.3, -0.25) is 9.98 Å². The molecule has 4 heteroatoms. The minimum atomic E-state index is 0.610. The Kier molecular flexibility index (Phi) is 4.26. The first kappa shape index (κ1) is 15.6. The van der Waals surface area contributed by atoms with E-state index in [-0.39, 0.29) is 0 Å². The summed E-state index contributed by atoms with van der Waals surface area (Å²) in [6.07, 6.45) is 6.29. The third kappa shape index (κ3) is 2.92. The first-order valence-corrected chi connectivity index (χ1v) is 8.87. The van der Waals surface area contributed by atoms with Crippen LogP contribution >= 0.6 is 23.2 Å². The molecule has 1 aliphatic carbocycles. The summed E-state index contributed by atoms with van der Waals surface area (Å²) in [4.78, 5) is 9.66. The number of benzene rings is 2. The Labute approximate surface area is 151 Å². The lowest BCUT2D eigenvalue weighted by Crippen LogP contribution is -2.06. The van der Waals surface area contributed by atoms with Crippen LogP contribution in [0.3, 0.4) is 0 Å². The fourth-order valence-corrected chi connectivity index (χ4v) is 3.69. The van der Waals surface area contributed by atoms with Crippen molar-refractivity contribution in [3.63, 3.8) is 0 Å². The van der Waals surface area contributed by atoms with Gasteiger partial charge in [0.25, 0.3) is 0 Å². The Bertz CT molecular complexity index is 948. The highest BCUT2D eigenvalue weighted by molar-refractivity contribution is 6.36. The highest BCUT2D eigenvalue weighted by atomic mass is 35.5. The van der Waals surface area contributed by atoms with Gasteiger partial charge in [0.2, 0.25) is 0 Å². The molecule has 0 amide bonds. The molecule has 0 atom stereocenters. The molecule has 0 spiro atoms.